The number of aromatic nitrogens is 16. The number of hydrogen-bond donors (Lipinski definition) is 12. The van der Waals surface area contributed by atoms with E-state index in [2.05, 4.69) is 67.1 Å². The molecule has 9 unspecified atom stereocenters. The molecule has 8 aliphatic heterocycles. The van der Waals surface area contributed by atoms with Crippen molar-refractivity contribution in [2.75, 3.05) is 84.3 Å². The van der Waals surface area contributed by atoms with Crippen LogP contribution in [-0.2, 0) is 133 Å². The molecule has 0 radical (unpaired) electrons. The normalized spacial score (nSPS) is 34.4. The Hall–Kier alpha value is -6.42. The van der Waals surface area contributed by atoms with Gasteiger partial charge in [-0.2, -0.15) is 9.97 Å². The van der Waals surface area contributed by atoms with E-state index in [-0.39, 0.29) is 95.2 Å². The Morgan fingerprint density at radius 3 is 1.45 bits per heavy atom. The van der Waals surface area contributed by atoms with Gasteiger partial charge in [0.15, 0.2) is 64.9 Å². The van der Waals surface area contributed by atoms with Gasteiger partial charge in [-0.05, 0) is 76.5 Å². The molecule has 8 aliphatic rings. The predicted molar refractivity (Wildman–Crippen MR) is 425 cm³/mol. The number of aromatic amines is 4. The van der Waals surface area contributed by atoms with Crippen LogP contribution in [0.25, 0.3) is 33.5 Å². The van der Waals surface area contributed by atoms with E-state index in [9.17, 15) is 48.6 Å². The van der Waals surface area contributed by atoms with E-state index in [0.29, 0.717) is 0 Å². The predicted octanol–water partition coefficient (Wildman–Crippen LogP) is -1.35. The number of imidazole rings is 3. The average Bonchev–Trinajstić information content (AvgIpc) is 1.54. The second-order valence-electron chi connectivity index (χ2n) is 29.5. The zero-order chi connectivity index (χ0) is 86.3. The van der Waals surface area contributed by atoms with Crippen molar-refractivity contribution in [1.82, 2.24) is 77.7 Å². The number of aliphatic hydroxyl groups excluding tert-OH is 1. The monoisotopic (exact) mass is 1850 g/mol. The van der Waals surface area contributed by atoms with Crippen LogP contribution in [0.4, 0.5) is 17.7 Å². The van der Waals surface area contributed by atoms with Gasteiger partial charge in [0.05, 0.1) is 90.1 Å². The van der Waals surface area contributed by atoms with Crippen LogP contribution >= 0.6 is 39.2 Å². The van der Waals surface area contributed by atoms with Gasteiger partial charge in [-0.1, -0.05) is 19.2 Å². The minimum Gasteiger partial charge on any atom is -0.387 e. The minimum absolute atomic E-state index is 0.0249. The summed E-state index contributed by atoms with van der Waals surface area (Å²) in [4.78, 5) is 156. The largest absolute Gasteiger partial charge is 0.387 e. The van der Waals surface area contributed by atoms with Crippen LogP contribution in [0.5, 0.6) is 0 Å². The minimum atomic E-state index is -5.10. The van der Waals surface area contributed by atoms with Gasteiger partial charge in [-0.3, -0.25) is 84.6 Å². The first-order chi connectivity index (χ1) is 57.3. The lowest BCUT2D eigenvalue weighted by molar-refractivity contribution is -0.215. The van der Waals surface area contributed by atoms with Crippen LogP contribution in [0.15, 0.2) is 66.5 Å². The van der Waals surface area contributed by atoms with Gasteiger partial charge in [-0.25, -0.2) is 39.1 Å². The topological polar surface area (TPSA) is 641 Å². The summed E-state index contributed by atoms with van der Waals surface area (Å²) in [6.07, 6.45) is -19.8. The summed E-state index contributed by atoms with van der Waals surface area (Å²) in [5.74, 6) is -0.490. The molecular weight excluding hydrogens is 1770 g/mol. The van der Waals surface area contributed by atoms with Crippen LogP contribution in [-0.4, -0.2) is 273 Å². The smallest absolute Gasteiger partial charge is 0.386 e. The Kier molecular flexibility index (Phi) is 24.3. The van der Waals surface area contributed by atoms with Crippen molar-refractivity contribution in [3.05, 3.63) is 111 Å². The molecule has 660 valence electrons. The molecule has 27 atom stereocenters. The summed E-state index contributed by atoms with van der Waals surface area (Å²) in [5.41, 5.74) is 8.09. The summed E-state index contributed by atoms with van der Waals surface area (Å²) >= 11 is 21.8. The fraction of sp³-hybridized carbons (Fsp3) is 0.635. The zero-order valence-electron chi connectivity index (χ0n) is 64.7. The van der Waals surface area contributed by atoms with Gasteiger partial charge in [0.2, 0.25) is 11.9 Å². The summed E-state index contributed by atoms with van der Waals surface area (Å²) in [5, 5.41) is 11.9. The summed E-state index contributed by atoms with van der Waals surface area (Å²) in [6, 6.07) is 0. The van der Waals surface area contributed by atoms with Gasteiger partial charge < -0.3 is 107 Å². The molecule has 8 saturated heterocycles. The highest BCUT2D eigenvalue weighted by Gasteiger charge is 2.71. The van der Waals surface area contributed by atoms with E-state index in [1.54, 1.807) is 20.8 Å². The van der Waals surface area contributed by atoms with Crippen LogP contribution in [0.2, 0.25) is 0 Å². The highest BCUT2D eigenvalue weighted by Crippen LogP contribution is 2.64. The number of anilines is 3. The molecule has 121 heavy (non-hydrogen) atoms. The van der Waals surface area contributed by atoms with Crippen molar-refractivity contribution in [1.29, 1.82) is 0 Å². The molecule has 8 aromatic rings. The Morgan fingerprint density at radius 1 is 0.512 bits per heavy atom. The first kappa shape index (κ1) is 88.0. The van der Waals surface area contributed by atoms with Crippen molar-refractivity contribution >= 4 is 126 Å². The fourth-order valence-electron chi connectivity index (χ4n) is 16.4. The molecule has 50 nitrogen and oxygen atoms in total. The van der Waals surface area contributed by atoms with E-state index in [1.807, 2.05) is 0 Å². The molecule has 6 bridgehead atoms. The molecule has 14 N–H and O–H groups in total. The van der Waals surface area contributed by atoms with E-state index >= 15 is 4.57 Å². The third-order valence-corrected chi connectivity index (χ3v) is 28.6. The summed E-state index contributed by atoms with van der Waals surface area (Å²) in [6.45, 7) is -14.0. The lowest BCUT2D eigenvalue weighted by atomic mass is 9.91. The van der Waals surface area contributed by atoms with Crippen molar-refractivity contribution in [2.45, 2.75) is 187 Å². The number of fused-ring (bicyclic) bond motifs is 9. The molecule has 0 amide bonds. The zero-order valence-corrected chi connectivity index (χ0v) is 71.7. The number of nitrogens with two attached hydrogens (primary N) is 3. The molecule has 16 heterocycles. The van der Waals surface area contributed by atoms with E-state index in [0.717, 1.165) is 9.13 Å². The number of aryl methyl sites for hydroxylation is 2. The van der Waals surface area contributed by atoms with Crippen molar-refractivity contribution < 1.29 is 117 Å². The quantitative estimate of drug-likeness (QED) is 0.0126. The lowest BCUT2D eigenvalue weighted by Crippen LogP contribution is -2.50. The van der Waals surface area contributed by atoms with E-state index < -0.39 is 226 Å². The van der Waals surface area contributed by atoms with Crippen molar-refractivity contribution in [2.24, 2.45) is 0 Å². The standard InChI is InChI=1S/C63H83N19O31P4S4/c1-9-61-26(4)103-39(55(107-61)81-22-70-32-46(81)72-57(65)74-50(32)86)42(61)112-114(90,118)98-16-29-35(37(97-13-11-95-8)53(105-29)79-15-25(3)49(85)77-60(79)89)111-117(93,121)101-19-63-28(6)104-40(56(109-63)82-23-71-33-47(82)73-58(66)75-51(33)87)43(63)113-115(91,119)99-17-30-34(36(96-12-10-94-7)52(106-30)78-14-24(2)48(84)76-59(78)88)110-116(92,120)100-18-62-27(5)102-38(41(62)83)54(108-62)80-21-69-31-44(64)67-20-68-45(31)80/h14-15,20-23,26-30,34-43,52-56,83H,9-13,16-19H2,1-8H3,(H,90,118)(H,91,119)(H,92,120)(H,93,121)(H2,64,67,68)(H,76,84,88)(H,77,85,89)(H3,65,72,74,86)(H3,66,73,75,87)/t26-,27-,28-,29+,30+,34?,35?,36-,37-,38-,39-,40-,41?,42?,43?,52+,53+,54+,55+,56+,61+,62+,63+,114?,115?,116?,117?/m0/s1. The number of ether oxygens (including phenoxy) is 12. The van der Waals surface area contributed by atoms with E-state index in [4.69, 9.17) is 146 Å². The first-order valence-corrected chi connectivity index (χ1v) is 47.7. The Labute approximate surface area is 700 Å². The third-order valence-electron chi connectivity index (χ3n) is 22.4. The van der Waals surface area contributed by atoms with Gasteiger partial charge in [0.25, 0.3) is 22.2 Å². The number of nitrogen functional groups attached to an aromatic ring is 3. The number of rotatable bonds is 34. The summed E-state index contributed by atoms with van der Waals surface area (Å²) in [7, 11) is 2.75. The fourth-order valence-corrected chi connectivity index (χ4v) is 22.2. The number of hydrogen-bond acceptors (Lipinski definition) is 41. The van der Waals surface area contributed by atoms with Gasteiger partial charge in [0.1, 0.15) is 102 Å². The van der Waals surface area contributed by atoms with Crippen LogP contribution < -0.4 is 50.8 Å². The van der Waals surface area contributed by atoms with Crippen LogP contribution in [0.3, 0.4) is 0 Å². The third kappa shape index (κ3) is 16.1. The van der Waals surface area contributed by atoms with Gasteiger partial charge >= 0.3 is 38.3 Å². The molecule has 8 aromatic heterocycles. The Bertz CT molecular complexity index is 5910. The van der Waals surface area contributed by atoms with Gasteiger partial charge in [-0.15, -0.1) is 0 Å². The maximum atomic E-state index is 15.6. The maximum Gasteiger partial charge on any atom is 0.386 e. The second kappa shape index (κ2) is 33.4. The number of nitrogens with zero attached hydrogens (tertiary/aromatic N) is 12. The first-order valence-electron chi connectivity index (χ1n) is 37.2. The lowest BCUT2D eigenvalue weighted by Gasteiger charge is -2.37. The molecule has 0 aliphatic carbocycles. The van der Waals surface area contributed by atoms with Crippen LogP contribution in [0, 0.1) is 13.8 Å². The molecule has 8 fully saturated rings. The second-order valence-corrected chi connectivity index (χ2v) is 40.7. The Balaban J connectivity index is 0.686. The van der Waals surface area contributed by atoms with Crippen LogP contribution in [0.1, 0.15) is 76.4 Å². The van der Waals surface area contributed by atoms with Crippen molar-refractivity contribution in [3.63, 3.8) is 0 Å². The highest BCUT2D eigenvalue weighted by molar-refractivity contribution is 8.44. The molecule has 0 aromatic carbocycles. The summed E-state index contributed by atoms with van der Waals surface area (Å²) < 4.78 is 148. The number of methoxy groups -OCH3 is 2. The molecule has 0 saturated carbocycles. The molecule has 58 heteroatoms. The number of H-pyrrole nitrogens is 4. The van der Waals surface area contributed by atoms with Crippen molar-refractivity contribution in [3.8, 4) is 0 Å². The van der Waals surface area contributed by atoms with E-state index in [1.165, 1.54) is 86.4 Å². The molecular formula is C63H83N19O31P4S4. The molecule has 0 spiro atoms. The Morgan fingerprint density at radius 2 is 0.942 bits per heavy atom. The number of aliphatic hydroxyl groups is 1. The number of thiol groups is 1. The number of nitrogens with one attached hydrogen (secondary N) is 4. The highest BCUT2D eigenvalue weighted by atomic mass is 32.7. The SMILES string of the molecule is CC[C@@]12O[C@@H](n3cnc4c(=O)[nH]c(N)nc43)[C@@H](O[C@H]1C)C2OP(O)(=S)OC[C@H]1O[C@@H](n2cc(C)c(=O)[nH]c2=O)[C@@H](OCCOC)C1OP(=O)(S)OC[C@@]12O[C@@H](n3cnc4c(=O)[nH]c(N)nc43)[C@@H](O[C@H]1C)C2OP(O)(=S)OC[C@H]1O[C@@H](n2cc(C)c(=O)[nH]c2=O)[C@@H](OCCOC)C1OP(O)(=S)OC[C@@]12O[C@@H](n3cnc4c(N)ncnc43)[C@@H](O[C@H]1C)C2O. The van der Waals surface area contributed by atoms with Gasteiger partial charge in [0, 0.05) is 37.7 Å². The molecule has 16 rings (SSSR count). The average molecular weight is 1850 g/mol. The maximum absolute atomic E-state index is 15.6.